The van der Waals surface area contributed by atoms with E-state index in [9.17, 15) is 9.90 Å². The maximum absolute atomic E-state index is 11.4. The topological polar surface area (TPSA) is 49.8 Å². The number of likely N-dealkylation sites (tertiary alicyclic amines) is 1. The Labute approximate surface area is 120 Å². The van der Waals surface area contributed by atoms with Gasteiger partial charge in [-0.3, -0.25) is 9.69 Å². The Morgan fingerprint density at radius 2 is 2.20 bits per heavy atom. The van der Waals surface area contributed by atoms with Gasteiger partial charge in [-0.15, -0.1) is 0 Å². The number of carbonyl (C=O) groups is 1. The Hall–Kier alpha value is -1.55. The first-order chi connectivity index (χ1) is 9.69. The average Bonchev–Trinajstić information content (AvgIpc) is 2.91. The predicted molar refractivity (Wildman–Crippen MR) is 78.0 cm³/mol. The molecule has 1 aliphatic rings. The van der Waals surface area contributed by atoms with Crippen molar-refractivity contribution in [1.29, 1.82) is 0 Å². The van der Waals surface area contributed by atoms with Gasteiger partial charge in [0.05, 0.1) is 6.61 Å². The molecule has 0 amide bonds. The number of benzene rings is 1. The first kappa shape index (κ1) is 14.9. The van der Waals surface area contributed by atoms with Crippen molar-refractivity contribution in [3.63, 3.8) is 0 Å². The largest absolute Gasteiger partial charge is 0.494 e. The van der Waals surface area contributed by atoms with Crippen LogP contribution in [0.2, 0.25) is 0 Å². The van der Waals surface area contributed by atoms with E-state index in [0.29, 0.717) is 6.61 Å². The SMILES string of the molecule is CCOc1ccccc1C(CC)N1CCCC1C(=O)O. The first-order valence-corrected chi connectivity index (χ1v) is 7.39. The van der Waals surface area contributed by atoms with Gasteiger partial charge in [0, 0.05) is 11.6 Å². The predicted octanol–water partition coefficient (Wildman–Crippen LogP) is 3.09. The zero-order chi connectivity index (χ0) is 14.5. The molecule has 0 saturated carbocycles. The lowest BCUT2D eigenvalue weighted by atomic mass is 10.0. The highest BCUT2D eigenvalue weighted by molar-refractivity contribution is 5.74. The molecule has 4 nitrogen and oxygen atoms in total. The molecule has 4 heteroatoms. The summed E-state index contributed by atoms with van der Waals surface area (Å²) in [6, 6.07) is 7.71. The quantitative estimate of drug-likeness (QED) is 0.868. The van der Waals surface area contributed by atoms with Crippen molar-refractivity contribution in [3.05, 3.63) is 29.8 Å². The number of nitrogens with zero attached hydrogens (tertiary/aromatic N) is 1. The molecular weight excluding hydrogens is 254 g/mol. The van der Waals surface area contributed by atoms with Crippen LogP contribution in [0, 0.1) is 0 Å². The highest BCUT2D eigenvalue weighted by Gasteiger charge is 2.36. The minimum absolute atomic E-state index is 0.112. The van der Waals surface area contributed by atoms with Gasteiger partial charge in [0.1, 0.15) is 11.8 Å². The molecule has 0 bridgehead atoms. The summed E-state index contributed by atoms with van der Waals surface area (Å²) in [5, 5.41) is 9.37. The van der Waals surface area contributed by atoms with E-state index >= 15 is 0 Å². The van der Waals surface area contributed by atoms with Gasteiger partial charge in [-0.2, -0.15) is 0 Å². The molecule has 0 spiro atoms. The van der Waals surface area contributed by atoms with Gasteiger partial charge < -0.3 is 9.84 Å². The Balaban J connectivity index is 2.30. The number of aliphatic carboxylic acids is 1. The van der Waals surface area contributed by atoms with Crippen molar-refractivity contribution in [2.75, 3.05) is 13.2 Å². The summed E-state index contributed by atoms with van der Waals surface area (Å²) in [6.45, 7) is 5.53. The van der Waals surface area contributed by atoms with Gasteiger partial charge in [-0.1, -0.05) is 25.1 Å². The summed E-state index contributed by atoms with van der Waals surface area (Å²) < 4.78 is 5.70. The van der Waals surface area contributed by atoms with Crippen LogP contribution in [0.3, 0.4) is 0 Å². The summed E-state index contributed by atoms with van der Waals surface area (Å²) in [5.41, 5.74) is 1.10. The van der Waals surface area contributed by atoms with Crippen molar-refractivity contribution in [3.8, 4) is 5.75 Å². The van der Waals surface area contributed by atoms with Gasteiger partial charge in [-0.05, 0) is 38.8 Å². The fraction of sp³-hybridized carbons (Fsp3) is 0.562. The fourth-order valence-electron chi connectivity index (χ4n) is 3.10. The van der Waals surface area contributed by atoms with E-state index in [1.165, 1.54) is 0 Å². The molecule has 1 aromatic carbocycles. The minimum Gasteiger partial charge on any atom is -0.494 e. The van der Waals surface area contributed by atoms with Crippen molar-refractivity contribution < 1.29 is 14.6 Å². The number of carboxylic acids is 1. The van der Waals surface area contributed by atoms with E-state index in [-0.39, 0.29) is 12.1 Å². The molecule has 2 unspecified atom stereocenters. The molecule has 1 N–H and O–H groups in total. The van der Waals surface area contributed by atoms with Crippen LogP contribution in [0.1, 0.15) is 44.7 Å². The van der Waals surface area contributed by atoms with E-state index in [4.69, 9.17) is 4.74 Å². The van der Waals surface area contributed by atoms with E-state index < -0.39 is 5.97 Å². The minimum atomic E-state index is -0.713. The lowest BCUT2D eigenvalue weighted by Crippen LogP contribution is -2.38. The Kier molecular flexibility index (Phi) is 5.01. The highest BCUT2D eigenvalue weighted by Crippen LogP contribution is 2.36. The fourth-order valence-corrected chi connectivity index (χ4v) is 3.10. The molecule has 1 fully saturated rings. The molecule has 1 heterocycles. The van der Waals surface area contributed by atoms with Crippen LogP contribution in [0.25, 0.3) is 0 Å². The van der Waals surface area contributed by atoms with E-state index in [2.05, 4.69) is 17.9 Å². The van der Waals surface area contributed by atoms with Crippen molar-refractivity contribution in [2.45, 2.75) is 45.2 Å². The zero-order valence-corrected chi connectivity index (χ0v) is 12.2. The Morgan fingerprint density at radius 1 is 1.45 bits per heavy atom. The number of para-hydroxylation sites is 1. The van der Waals surface area contributed by atoms with Gasteiger partial charge in [0.15, 0.2) is 0 Å². The van der Waals surface area contributed by atoms with E-state index in [1.54, 1.807) is 0 Å². The number of hydrogen-bond acceptors (Lipinski definition) is 3. The van der Waals surface area contributed by atoms with Gasteiger partial charge in [-0.25, -0.2) is 0 Å². The third kappa shape index (κ3) is 2.96. The summed E-state index contributed by atoms with van der Waals surface area (Å²) in [7, 11) is 0. The maximum Gasteiger partial charge on any atom is 0.320 e. The molecule has 2 atom stereocenters. The number of carboxylic acid groups (broad SMARTS) is 1. The smallest absolute Gasteiger partial charge is 0.320 e. The van der Waals surface area contributed by atoms with Crippen LogP contribution in [0.15, 0.2) is 24.3 Å². The monoisotopic (exact) mass is 277 g/mol. The number of rotatable bonds is 6. The summed E-state index contributed by atoms with van der Waals surface area (Å²) >= 11 is 0. The highest BCUT2D eigenvalue weighted by atomic mass is 16.5. The lowest BCUT2D eigenvalue weighted by Gasteiger charge is -2.31. The molecule has 1 aromatic rings. The van der Waals surface area contributed by atoms with Crippen molar-refractivity contribution in [2.24, 2.45) is 0 Å². The zero-order valence-electron chi connectivity index (χ0n) is 12.2. The van der Waals surface area contributed by atoms with Gasteiger partial charge >= 0.3 is 5.97 Å². The standard InChI is InChI=1S/C16H23NO3/c1-3-13(17-11-7-9-14(17)16(18)19)12-8-5-6-10-15(12)20-4-2/h5-6,8,10,13-14H,3-4,7,9,11H2,1-2H3,(H,18,19). The van der Waals surface area contributed by atoms with Gasteiger partial charge in [0.25, 0.3) is 0 Å². The molecule has 1 saturated heterocycles. The van der Waals surface area contributed by atoms with E-state index in [0.717, 1.165) is 37.1 Å². The third-order valence-corrected chi connectivity index (χ3v) is 3.94. The average molecular weight is 277 g/mol. The van der Waals surface area contributed by atoms with Crippen LogP contribution < -0.4 is 4.74 Å². The molecule has 2 rings (SSSR count). The van der Waals surface area contributed by atoms with Gasteiger partial charge in [0.2, 0.25) is 0 Å². The van der Waals surface area contributed by atoms with Crippen LogP contribution in [0.5, 0.6) is 5.75 Å². The molecule has 110 valence electrons. The van der Waals surface area contributed by atoms with Crippen molar-refractivity contribution in [1.82, 2.24) is 4.90 Å². The second kappa shape index (κ2) is 6.75. The van der Waals surface area contributed by atoms with E-state index in [1.807, 2.05) is 25.1 Å². The van der Waals surface area contributed by atoms with Crippen LogP contribution >= 0.6 is 0 Å². The maximum atomic E-state index is 11.4. The first-order valence-electron chi connectivity index (χ1n) is 7.39. The van der Waals surface area contributed by atoms with Crippen LogP contribution in [-0.2, 0) is 4.79 Å². The molecule has 1 aliphatic heterocycles. The van der Waals surface area contributed by atoms with Crippen molar-refractivity contribution >= 4 is 5.97 Å². The Bertz CT molecular complexity index is 461. The lowest BCUT2D eigenvalue weighted by molar-refractivity contribution is -0.143. The second-order valence-electron chi connectivity index (χ2n) is 5.13. The molecule has 20 heavy (non-hydrogen) atoms. The molecule has 0 aliphatic carbocycles. The molecular formula is C16H23NO3. The Morgan fingerprint density at radius 3 is 2.85 bits per heavy atom. The third-order valence-electron chi connectivity index (χ3n) is 3.94. The summed E-state index contributed by atoms with van der Waals surface area (Å²) in [6.07, 6.45) is 2.57. The molecule has 0 aromatic heterocycles. The van der Waals surface area contributed by atoms with Crippen LogP contribution in [-0.4, -0.2) is 35.2 Å². The van der Waals surface area contributed by atoms with Crippen LogP contribution in [0.4, 0.5) is 0 Å². The normalized spacial score (nSPS) is 20.8. The number of ether oxygens (including phenoxy) is 1. The molecule has 0 radical (unpaired) electrons. The summed E-state index contributed by atoms with van der Waals surface area (Å²) in [5.74, 6) is 0.160. The summed E-state index contributed by atoms with van der Waals surface area (Å²) in [4.78, 5) is 13.5. The number of hydrogen-bond donors (Lipinski definition) is 1. The second-order valence-corrected chi connectivity index (χ2v) is 5.13.